The number of nitrogens with zero attached hydrogens (tertiary/aromatic N) is 2. The number of hydrogen-bond donors (Lipinski definition) is 1. The molecule has 1 fully saturated rings. The van der Waals surface area contributed by atoms with Crippen molar-refractivity contribution in [3.05, 3.63) is 63.4 Å². The Morgan fingerprint density at radius 1 is 1.21 bits per heavy atom. The summed E-state index contributed by atoms with van der Waals surface area (Å²) in [5, 5.41) is 13.7. The van der Waals surface area contributed by atoms with Gasteiger partial charge in [0.1, 0.15) is 11.6 Å². The SMILES string of the molecule is N#CC(=Cc1cccn1Cc1ccc(Cl)cc1Cl)C(=O)NC1CCCCCC1. The van der Waals surface area contributed by atoms with Crippen LogP contribution in [0.5, 0.6) is 0 Å². The van der Waals surface area contributed by atoms with Crippen molar-refractivity contribution in [3.63, 3.8) is 0 Å². The van der Waals surface area contributed by atoms with Gasteiger partial charge in [-0.3, -0.25) is 4.79 Å². The average molecular weight is 416 g/mol. The summed E-state index contributed by atoms with van der Waals surface area (Å²) in [5.74, 6) is -0.299. The summed E-state index contributed by atoms with van der Waals surface area (Å²) in [6.07, 6.45) is 10.2. The molecule has 146 valence electrons. The Morgan fingerprint density at radius 3 is 2.64 bits per heavy atom. The molecule has 0 bridgehead atoms. The highest BCUT2D eigenvalue weighted by atomic mass is 35.5. The Bertz CT molecular complexity index is 903. The van der Waals surface area contributed by atoms with Crippen molar-refractivity contribution in [3.8, 4) is 6.07 Å². The quantitative estimate of drug-likeness (QED) is 0.393. The second kappa shape index (κ2) is 9.82. The van der Waals surface area contributed by atoms with Crippen LogP contribution in [-0.4, -0.2) is 16.5 Å². The Labute approximate surface area is 175 Å². The zero-order valence-corrected chi connectivity index (χ0v) is 17.1. The molecule has 0 aliphatic heterocycles. The molecule has 0 atom stereocenters. The molecule has 1 aromatic carbocycles. The molecule has 2 aromatic rings. The predicted molar refractivity (Wildman–Crippen MR) is 113 cm³/mol. The number of halogens is 2. The summed E-state index contributed by atoms with van der Waals surface area (Å²) >= 11 is 12.2. The number of amides is 1. The van der Waals surface area contributed by atoms with Gasteiger partial charge in [-0.15, -0.1) is 0 Å². The third kappa shape index (κ3) is 5.41. The van der Waals surface area contributed by atoms with E-state index in [1.54, 1.807) is 18.2 Å². The summed E-state index contributed by atoms with van der Waals surface area (Å²) in [6.45, 7) is 0.526. The van der Waals surface area contributed by atoms with Gasteiger partial charge in [-0.25, -0.2) is 0 Å². The molecule has 1 saturated carbocycles. The summed E-state index contributed by atoms with van der Waals surface area (Å²) in [7, 11) is 0. The van der Waals surface area contributed by atoms with Crippen LogP contribution >= 0.6 is 23.2 Å². The van der Waals surface area contributed by atoms with E-state index in [0.29, 0.717) is 16.6 Å². The van der Waals surface area contributed by atoms with E-state index < -0.39 is 0 Å². The largest absolute Gasteiger partial charge is 0.349 e. The van der Waals surface area contributed by atoms with E-state index in [0.717, 1.165) is 36.9 Å². The van der Waals surface area contributed by atoms with E-state index in [1.807, 2.05) is 35.0 Å². The number of nitriles is 1. The van der Waals surface area contributed by atoms with E-state index in [2.05, 4.69) is 5.32 Å². The zero-order chi connectivity index (χ0) is 19.9. The van der Waals surface area contributed by atoms with Crippen LogP contribution in [0, 0.1) is 11.3 Å². The van der Waals surface area contributed by atoms with Gasteiger partial charge < -0.3 is 9.88 Å². The lowest BCUT2D eigenvalue weighted by Gasteiger charge is -2.16. The van der Waals surface area contributed by atoms with Crippen molar-refractivity contribution in [1.82, 2.24) is 9.88 Å². The Hall–Kier alpha value is -2.22. The van der Waals surface area contributed by atoms with Gasteiger partial charge in [-0.2, -0.15) is 5.26 Å². The molecule has 0 radical (unpaired) electrons. The molecule has 1 aliphatic rings. The van der Waals surface area contributed by atoms with Crippen molar-refractivity contribution in [2.45, 2.75) is 51.1 Å². The molecule has 0 unspecified atom stereocenters. The maximum Gasteiger partial charge on any atom is 0.262 e. The smallest absolute Gasteiger partial charge is 0.262 e. The highest BCUT2D eigenvalue weighted by molar-refractivity contribution is 6.35. The molecule has 3 rings (SSSR count). The first-order valence-corrected chi connectivity index (χ1v) is 10.3. The molecule has 1 aliphatic carbocycles. The first-order valence-electron chi connectivity index (χ1n) is 9.58. The summed E-state index contributed by atoms with van der Waals surface area (Å²) in [4.78, 5) is 12.6. The minimum Gasteiger partial charge on any atom is -0.349 e. The van der Waals surface area contributed by atoms with Gasteiger partial charge in [-0.1, -0.05) is 55.0 Å². The van der Waals surface area contributed by atoms with E-state index >= 15 is 0 Å². The highest BCUT2D eigenvalue weighted by Crippen LogP contribution is 2.23. The van der Waals surface area contributed by atoms with Crippen LogP contribution in [0.4, 0.5) is 0 Å². The first kappa shape index (κ1) is 20.5. The molecule has 4 nitrogen and oxygen atoms in total. The topological polar surface area (TPSA) is 57.8 Å². The normalized spacial score (nSPS) is 15.7. The highest BCUT2D eigenvalue weighted by Gasteiger charge is 2.17. The fourth-order valence-corrected chi connectivity index (χ4v) is 3.99. The van der Waals surface area contributed by atoms with Gasteiger partial charge in [0.2, 0.25) is 0 Å². The van der Waals surface area contributed by atoms with Crippen LogP contribution in [0.25, 0.3) is 6.08 Å². The van der Waals surface area contributed by atoms with Crippen LogP contribution < -0.4 is 5.32 Å². The van der Waals surface area contributed by atoms with Gasteiger partial charge in [0.25, 0.3) is 5.91 Å². The number of rotatable bonds is 5. The predicted octanol–water partition coefficient (Wildman–Crippen LogP) is 5.59. The van der Waals surface area contributed by atoms with Crippen molar-refractivity contribution >= 4 is 35.2 Å². The minimum absolute atomic E-state index is 0.117. The first-order chi connectivity index (χ1) is 13.6. The molecular formula is C22H23Cl2N3O. The van der Waals surface area contributed by atoms with Crippen LogP contribution in [0.15, 0.2) is 42.1 Å². The van der Waals surface area contributed by atoms with Crippen LogP contribution in [0.1, 0.15) is 49.8 Å². The number of carbonyl (C=O) groups is 1. The van der Waals surface area contributed by atoms with Crippen LogP contribution in [0.3, 0.4) is 0 Å². The lowest BCUT2D eigenvalue weighted by atomic mass is 10.1. The monoisotopic (exact) mass is 415 g/mol. The minimum atomic E-state index is -0.299. The van der Waals surface area contributed by atoms with Crippen molar-refractivity contribution in [1.29, 1.82) is 5.26 Å². The fourth-order valence-electron chi connectivity index (χ4n) is 3.52. The number of hydrogen-bond acceptors (Lipinski definition) is 2. The summed E-state index contributed by atoms with van der Waals surface area (Å²) < 4.78 is 1.95. The standard InChI is InChI=1S/C22H23Cl2N3O/c23-18-10-9-16(21(24)13-18)15-27-11-5-8-20(27)12-17(14-25)22(28)26-19-6-3-1-2-4-7-19/h5,8-13,19H,1-4,6-7,15H2,(H,26,28). The van der Waals surface area contributed by atoms with Gasteiger partial charge in [0, 0.05) is 34.5 Å². The summed E-state index contributed by atoms with van der Waals surface area (Å²) in [6, 6.07) is 11.3. The third-order valence-electron chi connectivity index (χ3n) is 5.07. The molecule has 1 heterocycles. The van der Waals surface area contributed by atoms with E-state index in [9.17, 15) is 10.1 Å². The fraction of sp³-hybridized carbons (Fsp3) is 0.364. The van der Waals surface area contributed by atoms with Gasteiger partial charge in [0.15, 0.2) is 0 Å². The number of nitrogens with one attached hydrogen (secondary N) is 1. The summed E-state index contributed by atoms with van der Waals surface area (Å²) in [5.41, 5.74) is 1.81. The third-order valence-corrected chi connectivity index (χ3v) is 5.66. The van der Waals surface area contributed by atoms with Crippen molar-refractivity contribution < 1.29 is 4.79 Å². The van der Waals surface area contributed by atoms with Gasteiger partial charge in [-0.05, 0) is 48.7 Å². The Morgan fingerprint density at radius 2 is 1.96 bits per heavy atom. The molecule has 1 N–H and O–H groups in total. The maximum absolute atomic E-state index is 12.6. The van der Waals surface area contributed by atoms with E-state index in [1.165, 1.54) is 12.8 Å². The lowest BCUT2D eigenvalue weighted by molar-refractivity contribution is -0.117. The van der Waals surface area contributed by atoms with Crippen LogP contribution in [0.2, 0.25) is 10.0 Å². The van der Waals surface area contributed by atoms with Crippen molar-refractivity contribution in [2.75, 3.05) is 0 Å². The number of aromatic nitrogens is 1. The Balaban J connectivity index is 1.75. The van der Waals surface area contributed by atoms with Crippen molar-refractivity contribution in [2.24, 2.45) is 0 Å². The number of carbonyl (C=O) groups excluding carboxylic acids is 1. The maximum atomic E-state index is 12.6. The van der Waals surface area contributed by atoms with Gasteiger partial charge in [0.05, 0.1) is 0 Å². The molecule has 6 heteroatoms. The molecule has 1 aromatic heterocycles. The Kier molecular flexibility index (Phi) is 7.19. The zero-order valence-electron chi connectivity index (χ0n) is 15.6. The van der Waals surface area contributed by atoms with Crippen LogP contribution in [-0.2, 0) is 11.3 Å². The molecule has 0 spiro atoms. The van der Waals surface area contributed by atoms with Gasteiger partial charge >= 0.3 is 0 Å². The number of benzene rings is 1. The second-order valence-corrected chi connectivity index (χ2v) is 7.97. The molecular weight excluding hydrogens is 393 g/mol. The molecule has 28 heavy (non-hydrogen) atoms. The molecule has 1 amide bonds. The van der Waals surface area contributed by atoms with E-state index in [-0.39, 0.29) is 17.5 Å². The van der Waals surface area contributed by atoms with E-state index in [4.69, 9.17) is 23.2 Å². The molecule has 0 saturated heterocycles. The second-order valence-electron chi connectivity index (χ2n) is 7.13. The average Bonchev–Trinajstić information content (AvgIpc) is 2.94. The lowest BCUT2D eigenvalue weighted by Crippen LogP contribution is -2.35.